The Morgan fingerprint density at radius 3 is 2.56 bits per heavy atom. The van der Waals surface area contributed by atoms with Crippen LogP contribution in [0.2, 0.25) is 0 Å². The van der Waals surface area contributed by atoms with Gasteiger partial charge in [0, 0.05) is 18.0 Å². The van der Waals surface area contributed by atoms with Crippen molar-refractivity contribution in [1.82, 2.24) is 5.32 Å². The number of hydrogen-bond acceptors (Lipinski definition) is 2. The molecule has 1 unspecified atom stereocenters. The van der Waals surface area contributed by atoms with E-state index in [1.165, 1.54) is 0 Å². The quantitative estimate of drug-likeness (QED) is 0.843. The molecule has 0 radical (unpaired) electrons. The zero-order valence-corrected chi connectivity index (χ0v) is 9.40. The summed E-state index contributed by atoms with van der Waals surface area (Å²) in [5.41, 5.74) is 0.935. The van der Waals surface area contributed by atoms with Crippen LogP contribution in [0.15, 0.2) is 16.7 Å². The molecule has 92 valence electrons. The summed E-state index contributed by atoms with van der Waals surface area (Å²) in [7, 11) is 1.74. The minimum Gasteiger partial charge on any atom is -0.469 e. The van der Waals surface area contributed by atoms with E-state index in [4.69, 9.17) is 4.42 Å². The first-order chi connectivity index (χ1) is 7.44. The van der Waals surface area contributed by atoms with Crippen LogP contribution in [0.5, 0.6) is 0 Å². The lowest BCUT2D eigenvalue weighted by atomic mass is 10.0. The summed E-state index contributed by atoms with van der Waals surface area (Å²) < 4.78 is 41.1. The van der Waals surface area contributed by atoms with Crippen molar-refractivity contribution in [3.63, 3.8) is 0 Å². The lowest BCUT2D eigenvalue weighted by Gasteiger charge is -2.16. The Morgan fingerprint density at radius 2 is 2.12 bits per heavy atom. The summed E-state index contributed by atoms with van der Waals surface area (Å²) in [5.74, 6) is 0.756. The highest BCUT2D eigenvalue weighted by Crippen LogP contribution is 2.27. The molecule has 0 fully saturated rings. The third-order valence-corrected chi connectivity index (χ3v) is 2.58. The number of halogens is 3. The van der Waals surface area contributed by atoms with E-state index in [9.17, 15) is 13.2 Å². The van der Waals surface area contributed by atoms with Crippen molar-refractivity contribution in [2.75, 3.05) is 7.05 Å². The molecule has 2 nitrogen and oxygen atoms in total. The summed E-state index contributed by atoms with van der Waals surface area (Å²) in [5, 5.41) is 3.00. The Labute approximate surface area is 92.8 Å². The fourth-order valence-electron chi connectivity index (χ4n) is 1.72. The van der Waals surface area contributed by atoms with Crippen molar-refractivity contribution in [2.24, 2.45) is 0 Å². The van der Waals surface area contributed by atoms with E-state index in [0.717, 1.165) is 11.3 Å². The first-order valence-corrected chi connectivity index (χ1v) is 5.22. The van der Waals surface area contributed by atoms with Gasteiger partial charge in [0.15, 0.2) is 0 Å². The molecule has 1 atom stereocenters. The van der Waals surface area contributed by atoms with Gasteiger partial charge in [0.1, 0.15) is 5.76 Å². The van der Waals surface area contributed by atoms with Gasteiger partial charge in [-0.25, -0.2) is 0 Å². The molecule has 1 aromatic heterocycles. The average Bonchev–Trinajstić information content (AvgIpc) is 2.58. The summed E-state index contributed by atoms with van der Waals surface area (Å²) in [6.07, 6.45) is -2.67. The Kier molecular flexibility index (Phi) is 4.41. The predicted molar refractivity (Wildman–Crippen MR) is 55.2 cm³/mol. The van der Waals surface area contributed by atoms with Crippen molar-refractivity contribution in [3.8, 4) is 0 Å². The van der Waals surface area contributed by atoms with Crippen molar-refractivity contribution in [3.05, 3.63) is 23.7 Å². The molecule has 1 N–H and O–H groups in total. The van der Waals surface area contributed by atoms with Crippen molar-refractivity contribution >= 4 is 0 Å². The lowest BCUT2D eigenvalue weighted by molar-refractivity contribution is -0.135. The Bertz CT molecular complexity index is 319. The number of nitrogens with one attached hydrogen (secondary N) is 1. The number of alkyl halides is 3. The van der Waals surface area contributed by atoms with Crippen LogP contribution < -0.4 is 5.32 Å². The summed E-state index contributed by atoms with van der Waals surface area (Å²) in [6, 6.07) is 1.73. The molecule has 0 aromatic carbocycles. The molecule has 0 spiro atoms. The SMILES string of the molecule is CNC(CCCC(F)(F)F)c1ccoc1C. The highest BCUT2D eigenvalue weighted by molar-refractivity contribution is 5.19. The molecule has 0 aliphatic heterocycles. The number of aryl methyl sites for hydroxylation is 1. The van der Waals surface area contributed by atoms with Crippen LogP contribution in [0.4, 0.5) is 13.2 Å². The van der Waals surface area contributed by atoms with Gasteiger partial charge in [-0.2, -0.15) is 13.2 Å². The first-order valence-electron chi connectivity index (χ1n) is 5.22. The van der Waals surface area contributed by atoms with Crippen LogP contribution in [-0.4, -0.2) is 13.2 Å². The maximum absolute atomic E-state index is 12.0. The van der Waals surface area contributed by atoms with Crippen molar-refractivity contribution in [1.29, 1.82) is 0 Å². The van der Waals surface area contributed by atoms with Crippen LogP contribution in [0, 0.1) is 6.92 Å². The van der Waals surface area contributed by atoms with E-state index in [2.05, 4.69) is 5.32 Å². The topological polar surface area (TPSA) is 25.2 Å². The Balaban J connectivity index is 2.48. The van der Waals surface area contributed by atoms with Gasteiger partial charge >= 0.3 is 6.18 Å². The van der Waals surface area contributed by atoms with Crippen LogP contribution in [0.1, 0.15) is 36.6 Å². The molecule has 0 amide bonds. The third kappa shape index (κ3) is 3.89. The molecule has 0 bridgehead atoms. The van der Waals surface area contributed by atoms with E-state index >= 15 is 0 Å². The van der Waals surface area contributed by atoms with E-state index in [1.807, 2.05) is 6.92 Å². The van der Waals surface area contributed by atoms with Gasteiger partial charge < -0.3 is 9.73 Å². The normalized spacial score (nSPS) is 14.1. The monoisotopic (exact) mass is 235 g/mol. The van der Waals surface area contributed by atoms with Crippen LogP contribution >= 0.6 is 0 Å². The average molecular weight is 235 g/mol. The van der Waals surface area contributed by atoms with Gasteiger partial charge in [0.05, 0.1) is 6.26 Å². The Morgan fingerprint density at radius 1 is 1.44 bits per heavy atom. The van der Waals surface area contributed by atoms with E-state index in [1.54, 1.807) is 19.4 Å². The molecule has 0 aliphatic rings. The second-order valence-corrected chi connectivity index (χ2v) is 3.78. The summed E-state index contributed by atoms with van der Waals surface area (Å²) >= 11 is 0. The number of hydrogen-bond donors (Lipinski definition) is 1. The van der Waals surface area contributed by atoms with Crippen molar-refractivity contribution in [2.45, 2.75) is 38.4 Å². The van der Waals surface area contributed by atoms with Crippen LogP contribution in [-0.2, 0) is 0 Å². The molecule has 0 aliphatic carbocycles. The van der Waals surface area contributed by atoms with Gasteiger partial charge in [-0.1, -0.05) is 0 Å². The minimum atomic E-state index is -4.07. The molecular weight excluding hydrogens is 219 g/mol. The molecule has 1 heterocycles. The smallest absolute Gasteiger partial charge is 0.389 e. The fourth-order valence-corrected chi connectivity index (χ4v) is 1.72. The second-order valence-electron chi connectivity index (χ2n) is 3.78. The molecule has 1 rings (SSSR count). The molecule has 5 heteroatoms. The number of rotatable bonds is 5. The van der Waals surface area contributed by atoms with Crippen LogP contribution in [0.25, 0.3) is 0 Å². The van der Waals surface area contributed by atoms with E-state index in [-0.39, 0.29) is 12.5 Å². The van der Waals surface area contributed by atoms with E-state index < -0.39 is 12.6 Å². The molecule has 1 aromatic rings. The third-order valence-electron chi connectivity index (χ3n) is 2.58. The highest BCUT2D eigenvalue weighted by Gasteiger charge is 2.27. The molecule has 0 saturated carbocycles. The standard InChI is InChI=1S/C11H16F3NO/c1-8-9(5-7-16-8)10(15-2)4-3-6-11(12,13)14/h5,7,10,15H,3-4,6H2,1-2H3. The van der Waals surface area contributed by atoms with Gasteiger partial charge in [-0.3, -0.25) is 0 Å². The van der Waals surface area contributed by atoms with Gasteiger partial charge in [-0.15, -0.1) is 0 Å². The summed E-state index contributed by atoms with van der Waals surface area (Å²) in [4.78, 5) is 0. The largest absolute Gasteiger partial charge is 0.469 e. The molecule has 0 saturated heterocycles. The first kappa shape index (κ1) is 13.1. The highest BCUT2D eigenvalue weighted by atomic mass is 19.4. The minimum absolute atomic E-state index is 0.0684. The predicted octanol–water partition coefficient (Wildman–Crippen LogP) is 3.58. The second kappa shape index (κ2) is 5.39. The zero-order chi connectivity index (χ0) is 12.2. The fraction of sp³-hybridized carbons (Fsp3) is 0.636. The molecule has 16 heavy (non-hydrogen) atoms. The maximum atomic E-state index is 12.0. The van der Waals surface area contributed by atoms with Crippen LogP contribution in [0.3, 0.4) is 0 Å². The lowest BCUT2D eigenvalue weighted by Crippen LogP contribution is -2.17. The van der Waals surface area contributed by atoms with E-state index in [0.29, 0.717) is 6.42 Å². The number of furan rings is 1. The Hall–Kier alpha value is -0.970. The van der Waals surface area contributed by atoms with Crippen molar-refractivity contribution < 1.29 is 17.6 Å². The maximum Gasteiger partial charge on any atom is 0.389 e. The van der Waals surface area contributed by atoms with Gasteiger partial charge in [-0.05, 0) is 32.9 Å². The van der Waals surface area contributed by atoms with Gasteiger partial charge in [0.2, 0.25) is 0 Å². The van der Waals surface area contributed by atoms with Gasteiger partial charge in [0.25, 0.3) is 0 Å². The zero-order valence-electron chi connectivity index (χ0n) is 9.40. The summed E-state index contributed by atoms with van der Waals surface area (Å²) in [6.45, 7) is 1.81. The molecular formula is C11H16F3NO.